The van der Waals surface area contributed by atoms with Crippen LogP contribution in [-0.4, -0.2) is 3.21 Å². The largest absolute Gasteiger partial charge is 1.00 e. The molecule has 1 fully saturated rings. The molecular formula is C35H46Cl2Zr. The molecule has 204 valence electrons. The summed E-state index contributed by atoms with van der Waals surface area (Å²) in [4.78, 5) is 0. The van der Waals surface area contributed by atoms with Crippen molar-refractivity contribution < 1.29 is 46.1 Å². The Morgan fingerprint density at radius 2 is 1.26 bits per heavy atom. The quantitative estimate of drug-likeness (QED) is 0.383. The average molecular weight is 629 g/mol. The molecule has 0 amide bonds. The molecule has 38 heavy (non-hydrogen) atoms. The van der Waals surface area contributed by atoms with Crippen LogP contribution in [-0.2, 0) is 38.5 Å². The Morgan fingerprint density at radius 1 is 0.711 bits per heavy atom. The molecular weight excluding hydrogens is 583 g/mol. The van der Waals surface area contributed by atoms with Crippen LogP contribution in [0.25, 0.3) is 11.1 Å². The van der Waals surface area contributed by atoms with Crippen LogP contribution in [0, 0.1) is 13.8 Å². The van der Waals surface area contributed by atoms with Gasteiger partial charge in [-0.05, 0) is 0 Å². The van der Waals surface area contributed by atoms with E-state index in [-0.39, 0.29) is 35.6 Å². The summed E-state index contributed by atoms with van der Waals surface area (Å²) in [5.41, 5.74) is 12.9. The molecule has 0 aliphatic heterocycles. The first-order chi connectivity index (χ1) is 17.0. The van der Waals surface area contributed by atoms with E-state index in [1.165, 1.54) is 55.2 Å². The van der Waals surface area contributed by atoms with Crippen LogP contribution in [0.1, 0.15) is 113 Å². The predicted octanol–water partition coefficient (Wildman–Crippen LogP) is 3.16. The van der Waals surface area contributed by atoms with Crippen molar-refractivity contribution in [3.05, 3.63) is 75.9 Å². The molecule has 0 bridgehead atoms. The fourth-order valence-corrected chi connectivity index (χ4v) is 16.4. The van der Waals surface area contributed by atoms with Crippen molar-refractivity contribution in [1.29, 1.82) is 0 Å². The van der Waals surface area contributed by atoms with Crippen molar-refractivity contribution in [3.8, 4) is 11.1 Å². The molecule has 3 heteroatoms. The molecule has 0 aromatic heterocycles. The summed E-state index contributed by atoms with van der Waals surface area (Å²) in [6, 6.07) is 7.71. The van der Waals surface area contributed by atoms with Crippen molar-refractivity contribution in [2.75, 3.05) is 0 Å². The first kappa shape index (κ1) is 31.8. The molecule has 0 atom stereocenters. The van der Waals surface area contributed by atoms with Crippen molar-refractivity contribution in [1.82, 2.24) is 0 Å². The molecule has 1 saturated carbocycles. The minimum Gasteiger partial charge on any atom is -1.00 e. The van der Waals surface area contributed by atoms with Gasteiger partial charge >= 0.3 is 230 Å². The fraction of sp³-hybridized carbons (Fsp3) is 0.514. The van der Waals surface area contributed by atoms with E-state index >= 15 is 0 Å². The van der Waals surface area contributed by atoms with E-state index < -0.39 is 21.3 Å². The van der Waals surface area contributed by atoms with Crippen LogP contribution < -0.4 is 28.1 Å². The van der Waals surface area contributed by atoms with Crippen molar-refractivity contribution in [3.63, 3.8) is 0 Å². The van der Waals surface area contributed by atoms with Crippen LogP contribution in [0.5, 0.6) is 0 Å². The topological polar surface area (TPSA) is 0 Å². The van der Waals surface area contributed by atoms with E-state index in [9.17, 15) is 0 Å². The monoisotopic (exact) mass is 626 g/mol. The maximum Gasteiger partial charge on any atom is -1.00 e. The zero-order valence-corrected chi connectivity index (χ0v) is 28.8. The van der Waals surface area contributed by atoms with Gasteiger partial charge in [-0.25, -0.2) is 0 Å². The number of aryl methyl sites for hydroxylation is 1. The van der Waals surface area contributed by atoms with Crippen molar-refractivity contribution >= 4 is 6.48 Å². The average Bonchev–Trinajstić information content (AvgIpc) is 3.33. The molecule has 3 aliphatic rings. The van der Waals surface area contributed by atoms with Crippen LogP contribution in [0.2, 0.25) is 3.63 Å². The van der Waals surface area contributed by atoms with E-state index in [1.807, 2.05) is 6.48 Å². The number of fused-ring (bicyclic) bond motifs is 3. The second-order valence-corrected chi connectivity index (χ2v) is 20.3. The SMILES string of the molecule is Cc1cc2c(cc1C(C)(C)C)-c1cc(C(C)(C)C)c(C)[c]([Zr+2](=[C]3CCCCCC3)[CH]3C=CC=C3)c1C2.[Cl-].[Cl-]. The summed E-state index contributed by atoms with van der Waals surface area (Å²) in [6.07, 6.45) is 19.4. The van der Waals surface area contributed by atoms with Gasteiger partial charge in [-0.2, -0.15) is 0 Å². The number of hydrogen-bond acceptors (Lipinski definition) is 0. The summed E-state index contributed by atoms with van der Waals surface area (Å²) in [5, 5.41) is 0. The molecule has 0 unspecified atom stereocenters. The smallest absolute Gasteiger partial charge is 1.00 e. The molecule has 0 radical (unpaired) electrons. The third-order valence-corrected chi connectivity index (χ3v) is 17.5. The molecule has 0 heterocycles. The minimum absolute atomic E-state index is 0. The second-order valence-electron chi connectivity index (χ2n) is 13.7. The van der Waals surface area contributed by atoms with Gasteiger partial charge in [0.2, 0.25) is 0 Å². The van der Waals surface area contributed by atoms with E-state index in [4.69, 9.17) is 0 Å². The van der Waals surface area contributed by atoms with Gasteiger partial charge in [0.25, 0.3) is 0 Å². The summed E-state index contributed by atoms with van der Waals surface area (Å²) in [5.74, 6) is 0. The molecule has 2 aromatic carbocycles. The molecule has 5 rings (SSSR count). The second kappa shape index (κ2) is 12.0. The maximum atomic E-state index is 2.61. The summed E-state index contributed by atoms with van der Waals surface area (Å²) >= 11 is -2.17. The van der Waals surface area contributed by atoms with Gasteiger partial charge in [-0.1, -0.05) is 0 Å². The molecule has 3 aliphatic carbocycles. The number of rotatable bonds is 2. The predicted molar refractivity (Wildman–Crippen MR) is 156 cm³/mol. The van der Waals surface area contributed by atoms with Crippen molar-refractivity contribution in [2.24, 2.45) is 0 Å². The van der Waals surface area contributed by atoms with Gasteiger partial charge in [-0.15, -0.1) is 0 Å². The normalized spacial score (nSPS) is 16.8. The van der Waals surface area contributed by atoms with Gasteiger partial charge in [0, 0.05) is 0 Å². The Kier molecular flexibility index (Phi) is 10.0. The third kappa shape index (κ3) is 5.97. The zero-order chi connectivity index (χ0) is 25.8. The molecule has 2 aromatic rings. The van der Waals surface area contributed by atoms with Crippen LogP contribution in [0.15, 0.2) is 42.5 Å². The van der Waals surface area contributed by atoms with Crippen LogP contribution in [0.4, 0.5) is 0 Å². The number of hydrogen-bond donors (Lipinski definition) is 0. The van der Waals surface area contributed by atoms with Gasteiger partial charge in [0.05, 0.1) is 0 Å². The van der Waals surface area contributed by atoms with Gasteiger partial charge in [-0.3, -0.25) is 0 Å². The third-order valence-electron chi connectivity index (χ3n) is 8.86. The standard InChI is InChI=1S/C23H29.C7H12.C5H5.2ClH.Zr/c1-14-9-16-11-17-10-15(2)21(23(6,7)8)13-19(17)18(16)12-20(14)22(3,4)5;1-2-4-6-7-5-3-1;1-2-4-5-3-1;;;/h9,12-13H,11H2,1-8H3;1-6H2;1-5H;2*1H;/q;;;;;+2/p-2. The molecule has 0 nitrogen and oxygen atoms in total. The van der Waals surface area contributed by atoms with Crippen LogP contribution in [0.3, 0.4) is 0 Å². The number of allylic oxidation sites excluding steroid dienone is 4. The Morgan fingerprint density at radius 3 is 1.82 bits per heavy atom. The first-order valence-corrected chi connectivity index (χ1v) is 18.2. The maximum absolute atomic E-state index is 2.61. The minimum atomic E-state index is -2.17. The fourth-order valence-electron chi connectivity index (χ4n) is 7.19. The Bertz CT molecular complexity index is 1270. The zero-order valence-electron chi connectivity index (χ0n) is 24.8. The summed E-state index contributed by atoms with van der Waals surface area (Å²) in [6.45, 7) is 19.2. The van der Waals surface area contributed by atoms with E-state index in [2.05, 4.69) is 97.9 Å². The Balaban J connectivity index is 0.00000200. The number of halogens is 2. The molecule has 0 spiro atoms. The summed E-state index contributed by atoms with van der Waals surface area (Å²) < 4.78 is 4.56. The first-order valence-electron chi connectivity index (χ1n) is 14.4. The number of benzene rings is 2. The van der Waals surface area contributed by atoms with Crippen molar-refractivity contribution in [2.45, 2.75) is 115 Å². The van der Waals surface area contributed by atoms with Gasteiger partial charge in [0.15, 0.2) is 0 Å². The Hall–Kier alpha value is -0.747. The van der Waals surface area contributed by atoms with E-state index in [0.29, 0.717) is 3.63 Å². The van der Waals surface area contributed by atoms with E-state index in [0.717, 1.165) is 6.42 Å². The van der Waals surface area contributed by atoms with Gasteiger partial charge < -0.3 is 24.8 Å². The Labute approximate surface area is 252 Å². The van der Waals surface area contributed by atoms with Crippen LogP contribution >= 0.6 is 0 Å². The van der Waals surface area contributed by atoms with Gasteiger partial charge in [0.1, 0.15) is 0 Å². The molecule has 0 saturated heterocycles. The van der Waals surface area contributed by atoms with E-state index in [1.54, 1.807) is 27.8 Å². The molecule has 0 N–H and O–H groups in total. The summed E-state index contributed by atoms with van der Waals surface area (Å²) in [7, 11) is 0.